The average molecular weight is 363 g/mol. The summed E-state index contributed by atoms with van der Waals surface area (Å²) in [7, 11) is 0. The van der Waals surface area contributed by atoms with E-state index in [1.54, 1.807) is 6.07 Å². The van der Waals surface area contributed by atoms with Crippen LogP contribution in [0.3, 0.4) is 0 Å². The fraction of sp³-hybridized carbons (Fsp3) is 0.250. The molecule has 0 amide bonds. The van der Waals surface area contributed by atoms with Crippen molar-refractivity contribution in [2.45, 2.75) is 13.2 Å². The number of benzene rings is 2. The molecule has 0 fully saturated rings. The Kier molecular flexibility index (Phi) is 6.67. The van der Waals surface area contributed by atoms with Gasteiger partial charge in [0.25, 0.3) is 0 Å². The van der Waals surface area contributed by atoms with Crippen molar-refractivity contribution >= 4 is 5.69 Å². The smallest absolute Gasteiger partial charge is 0.387 e. The molecule has 0 unspecified atom stereocenters. The lowest BCUT2D eigenvalue weighted by molar-refractivity contribution is -0.0539. The van der Waals surface area contributed by atoms with Gasteiger partial charge in [-0.15, -0.1) is 0 Å². The van der Waals surface area contributed by atoms with Crippen LogP contribution in [0.15, 0.2) is 42.5 Å². The van der Waals surface area contributed by atoms with Crippen LogP contribution in [-0.2, 0) is 0 Å². The molecule has 0 heterocycles. The number of rotatable bonds is 9. The molecule has 25 heavy (non-hydrogen) atoms. The van der Waals surface area contributed by atoms with Gasteiger partial charge in [0.1, 0.15) is 12.4 Å². The normalized spacial score (nSPS) is 10.8. The Morgan fingerprint density at radius 3 is 2.28 bits per heavy atom. The van der Waals surface area contributed by atoms with Crippen molar-refractivity contribution in [2.24, 2.45) is 0 Å². The van der Waals surface area contributed by atoms with E-state index in [1.807, 2.05) is 0 Å². The van der Waals surface area contributed by atoms with Crippen molar-refractivity contribution in [1.29, 1.82) is 0 Å². The standard InChI is InChI=1S/C16H14F5NO3/c17-11-3-1-2-4-13(11)23-8-7-22-12-6-5-10(24-15(18)19)9-14(12)25-16(20)21/h1-6,9,15-16,22H,7-8H2. The molecule has 2 aromatic rings. The zero-order valence-electron chi connectivity index (χ0n) is 12.7. The van der Waals surface area contributed by atoms with Gasteiger partial charge in [0, 0.05) is 12.6 Å². The first kappa shape index (κ1) is 18.6. The zero-order chi connectivity index (χ0) is 18.2. The van der Waals surface area contributed by atoms with E-state index >= 15 is 0 Å². The Balaban J connectivity index is 1.96. The summed E-state index contributed by atoms with van der Waals surface area (Å²) in [5.74, 6) is -1.16. The third kappa shape index (κ3) is 6.02. The molecule has 9 heteroatoms. The van der Waals surface area contributed by atoms with Crippen molar-refractivity contribution in [3.05, 3.63) is 48.3 Å². The van der Waals surface area contributed by atoms with E-state index in [1.165, 1.54) is 30.3 Å². The molecule has 4 nitrogen and oxygen atoms in total. The minimum atomic E-state index is -3.14. The monoisotopic (exact) mass is 363 g/mol. The Hall–Kier alpha value is -2.71. The van der Waals surface area contributed by atoms with Gasteiger partial charge in [-0.25, -0.2) is 4.39 Å². The molecule has 0 aromatic heterocycles. The number of ether oxygens (including phenoxy) is 3. The van der Waals surface area contributed by atoms with Gasteiger partial charge in [0.2, 0.25) is 0 Å². The van der Waals surface area contributed by atoms with E-state index in [0.717, 1.165) is 6.07 Å². The summed E-state index contributed by atoms with van der Waals surface area (Å²) >= 11 is 0. The number of nitrogens with one attached hydrogen (secondary N) is 1. The molecular formula is C16H14F5NO3. The number of halogens is 5. The summed E-state index contributed by atoms with van der Waals surface area (Å²) in [6.07, 6.45) is 0. The van der Waals surface area contributed by atoms with Crippen LogP contribution in [0.25, 0.3) is 0 Å². The van der Waals surface area contributed by atoms with E-state index < -0.39 is 19.0 Å². The number of para-hydroxylation sites is 1. The largest absolute Gasteiger partial charge is 0.489 e. The first-order valence-electron chi connectivity index (χ1n) is 7.10. The molecule has 136 valence electrons. The fourth-order valence-electron chi connectivity index (χ4n) is 1.93. The summed E-state index contributed by atoms with van der Waals surface area (Å²) in [5, 5.41) is 2.74. The van der Waals surface area contributed by atoms with E-state index in [0.29, 0.717) is 0 Å². The molecule has 1 N–H and O–H groups in total. The molecule has 0 aliphatic rings. The number of alkyl halides is 4. The lowest BCUT2D eigenvalue weighted by Crippen LogP contribution is -2.14. The van der Waals surface area contributed by atoms with E-state index in [2.05, 4.69) is 14.8 Å². The molecule has 0 bridgehead atoms. The quantitative estimate of drug-likeness (QED) is 0.525. The van der Waals surface area contributed by atoms with Crippen molar-refractivity contribution in [3.8, 4) is 17.2 Å². The SMILES string of the molecule is Fc1ccccc1OCCNc1ccc(OC(F)F)cc1OC(F)F. The van der Waals surface area contributed by atoms with Crippen LogP contribution in [-0.4, -0.2) is 26.4 Å². The molecule has 0 radical (unpaired) electrons. The predicted octanol–water partition coefficient (Wildman–Crippen LogP) is 4.52. The van der Waals surface area contributed by atoms with Gasteiger partial charge in [0.05, 0.1) is 5.69 Å². The minimum absolute atomic E-state index is 0.0321. The second kappa shape index (κ2) is 8.95. The summed E-state index contributed by atoms with van der Waals surface area (Å²) < 4.78 is 76.2. The number of hydrogen-bond donors (Lipinski definition) is 1. The maximum atomic E-state index is 13.4. The molecule has 2 rings (SSSR count). The van der Waals surface area contributed by atoms with Crippen LogP contribution in [0.4, 0.5) is 27.6 Å². The third-order valence-electron chi connectivity index (χ3n) is 2.91. The minimum Gasteiger partial charge on any atom is -0.489 e. The Labute approximate surface area is 140 Å². The van der Waals surface area contributed by atoms with Gasteiger partial charge in [-0.1, -0.05) is 12.1 Å². The van der Waals surface area contributed by atoms with Gasteiger partial charge in [-0.05, 0) is 24.3 Å². The van der Waals surface area contributed by atoms with Crippen LogP contribution in [0.1, 0.15) is 0 Å². The van der Waals surface area contributed by atoms with Crippen molar-refractivity contribution < 1.29 is 36.2 Å². The van der Waals surface area contributed by atoms with Gasteiger partial charge in [0.15, 0.2) is 17.3 Å². The highest BCUT2D eigenvalue weighted by atomic mass is 19.3. The van der Waals surface area contributed by atoms with Crippen LogP contribution in [0.2, 0.25) is 0 Å². The van der Waals surface area contributed by atoms with Gasteiger partial charge >= 0.3 is 13.2 Å². The van der Waals surface area contributed by atoms with Crippen molar-refractivity contribution in [1.82, 2.24) is 0 Å². The van der Waals surface area contributed by atoms with E-state index in [-0.39, 0.29) is 36.1 Å². The first-order chi connectivity index (χ1) is 12.0. The molecule has 2 aromatic carbocycles. The average Bonchev–Trinajstić information content (AvgIpc) is 2.53. The Bertz CT molecular complexity index is 685. The topological polar surface area (TPSA) is 39.7 Å². The highest BCUT2D eigenvalue weighted by Crippen LogP contribution is 2.31. The first-order valence-corrected chi connectivity index (χ1v) is 7.10. The maximum absolute atomic E-state index is 13.4. The van der Waals surface area contributed by atoms with Crippen LogP contribution in [0, 0.1) is 5.82 Å². The molecule has 0 aliphatic carbocycles. The van der Waals surface area contributed by atoms with Crippen LogP contribution < -0.4 is 19.5 Å². The number of anilines is 1. The number of hydrogen-bond acceptors (Lipinski definition) is 4. The molecule has 0 saturated carbocycles. The lowest BCUT2D eigenvalue weighted by Gasteiger charge is -2.15. The fourth-order valence-corrected chi connectivity index (χ4v) is 1.93. The second-order valence-corrected chi connectivity index (χ2v) is 4.62. The molecule has 0 aliphatic heterocycles. The summed E-state index contributed by atoms with van der Waals surface area (Å²) in [5.41, 5.74) is 0.124. The van der Waals surface area contributed by atoms with Gasteiger partial charge in [-0.2, -0.15) is 17.6 Å². The maximum Gasteiger partial charge on any atom is 0.387 e. The molecule has 0 saturated heterocycles. The van der Waals surface area contributed by atoms with E-state index in [9.17, 15) is 22.0 Å². The van der Waals surface area contributed by atoms with Crippen LogP contribution in [0.5, 0.6) is 17.2 Å². The van der Waals surface area contributed by atoms with Crippen LogP contribution >= 0.6 is 0 Å². The highest BCUT2D eigenvalue weighted by molar-refractivity contribution is 5.59. The van der Waals surface area contributed by atoms with Crippen molar-refractivity contribution in [2.75, 3.05) is 18.5 Å². The van der Waals surface area contributed by atoms with Gasteiger partial charge < -0.3 is 19.5 Å². The summed E-state index contributed by atoms with van der Waals surface area (Å²) in [4.78, 5) is 0. The summed E-state index contributed by atoms with van der Waals surface area (Å²) in [6.45, 7) is -6.07. The Morgan fingerprint density at radius 2 is 1.60 bits per heavy atom. The zero-order valence-corrected chi connectivity index (χ0v) is 12.7. The molecule has 0 spiro atoms. The summed E-state index contributed by atoms with van der Waals surface area (Å²) in [6, 6.07) is 9.12. The van der Waals surface area contributed by atoms with E-state index in [4.69, 9.17) is 4.74 Å². The third-order valence-corrected chi connectivity index (χ3v) is 2.91. The van der Waals surface area contributed by atoms with Gasteiger partial charge in [-0.3, -0.25) is 0 Å². The second-order valence-electron chi connectivity index (χ2n) is 4.62. The predicted molar refractivity (Wildman–Crippen MR) is 80.1 cm³/mol. The highest BCUT2D eigenvalue weighted by Gasteiger charge is 2.13. The molecule has 0 atom stereocenters. The molecular weight excluding hydrogens is 349 g/mol. The lowest BCUT2D eigenvalue weighted by atomic mass is 10.2. The Morgan fingerprint density at radius 1 is 0.880 bits per heavy atom. The van der Waals surface area contributed by atoms with Crippen molar-refractivity contribution in [3.63, 3.8) is 0 Å².